The summed E-state index contributed by atoms with van der Waals surface area (Å²) in [7, 11) is -7.79. The number of aryl methyl sites for hydroxylation is 2. The first-order valence-corrected chi connectivity index (χ1v) is 8.55. The van der Waals surface area contributed by atoms with E-state index in [0.717, 1.165) is 0 Å². The van der Waals surface area contributed by atoms with Crippen LogP contribution in [0.15, 0.2) is 11.0 Å². The molecule has 1 heterocycles. The Morgan fingerprint density at radius 3 is 2.32 bits per heavy atom. The summed E-state index contributed by atoms with van der Waals surface area (Å²) in [6.07, 6.45) is 0. The number of nitriles is 1. The molecule has 9 heteroatoms. The Bertz CT molecular complexity index is 746. The molecule has 1 aromatic heterocycles. The first kappa shape index (κ1) is 15.6. The molecule has 0 aliphatic rings. The molecular weight excluding hydrogens is 290 g/mol. The lowest BCUT2D eigenvalue weighted by atomic mass is 10.2. The molecule has 0 saturated carbocycles. The van der Waals surface area contributed by atoms with Gasteiger partial charge in [0.25, 0.3) is 0 Å². The lowest BCUT2D eigenvalue weighted by molar-refractivity contribution is 0.588. The molecule has 104 valence electrons. The molecule has 0 unspecified atom stereocenters. The van der Waals surface area contributed by atoms with Crippen molar-refractivity contribution >= 4 is 19.9 Å². The lowest BCUT2D eigenvalue weighted by Crippen LogP contribution is -2.24. The molecule has 19 heavy (non-hydrogen) atoms. The fraction of sp³-hybridized carbons (Fsp3) is 0.400. The third-order valence-corrected chi connectivity index (χ3v) is 5.14. The van der Waals surface area contributed by atoms with E-state index < -0.39 is 31.4 Å². The fourth-order valence-corrected chi connectivity index (χ4v) is 4.39. The van der Waals surface area contributed by atoms with E-state index in [2.05, 4.69) is 4.98 Å². The Labute approximate surface area is 112 Å². The molecule has 2 N–H and O–H groups in total. The SMILES string of the molecule is Cc1cc(S(=O)(=O)CCS(N)(=O)=O)c(C#N)c(C)n1. The van der Waals surface area contributed by atoms with Crippen molar-refractivity contribution in [3.63, 3.8) is 0 Å². The van der Waals surface area contributed by atoms with Gasteiger partial charge in [0.05, 0.1) is 27.7 Å². The van der Waals surface area contributed by atoms with Crippen molar-refractivity contribution in [3.8, 4) is 6.07 Å². The van der Waals surface area contributed by atoms with E-state index in [-0.39, 0.29) is 16.2 Å². The van der Waals surface area contributed by atoms with Gasteiger partial charge in [0.1, 0.15) is 6.07 Å². The van der Waals surface area contributed by atoms with Crippen LogP contribution in [0.1, 0.15) is 17.0 Å². The second-order valence-electron chi connectivity index (χ2n) is 4.02. The molecule has 0 aromatic carbocycles. The van der Waals surface area contributed by atoms with E-state index in [4.69, 9.17) is 10.4 Å². The molecule has 0 fully saturated rings. The molecule has 1 rings (SSSR count). The Morgan fingerprint density at radius 1 is 1.26 bits per heavy atom. The summed E-state index contributed by atoms with van der Waals surface area (Å²) in [5.41, 5.74) is 0.655. The van der Waals surface area contributed by atoms with Gasteiger partial charge in [0, 0.05) is 5.69 Å². The zero-order valence-electron chi connectivity index (χ0n) is 10.4. The zero-order chi connectivity index (χ0) is 14.8. The summed E-state index contributed by atoms with van der Waals surface area (Å²) in [5, 5.41) is 13.8. The van der Waals surface area contributed by atoms with Gasteiger partial charge in [-0.25, -0.2) is 22.0 Å². The number of hydrogen-bond donors (Lipinski definition) is 1. The van der Waals surface area contributed by atoms with Crippen molar-refractivity contribution in [1.29, 1.82) is 5.26 Å². The predicted octanol–water partition coefficient (Wildman–Crippen LogP) is -0.368. The van der Waals surface area contributed by atoms with Crippen molar-refractivity contribution < 1.29 is 16.8 Å². The van der Waals surface area contributed by atoms with Gasteiger partial charge in [0.15, 0.2) is 9.84 Å². The van der Waals surface area contributed by atoms with Crippen LogP contribution in [0, 0.1) is 25.2 Å². The van der Waals surface area contributed by atoms with E-state index in [1.54, 1.807) is 13.0 Å². The fourth-order valence-electron chi connectivity index (χ4n) is 1.51. The summed E-state index contributed by atoms with van der Waals surface area (Å²) in [4.78, 5) is 3.79. The topological polar surface area (TPSA) is 131 Å². The monoisotopic (exact) mass is 303 g/mol. The molecule has 1 aromatic rings. The Kier molecular flexibility index (Phi) is 4.29. The van der Waals surface area contributed by atoms with Gasteiger partial charge in [-0.3, -0.25) is 4.98 Å². The maximum absolute atomic E-state index is 12.1. The van der Waals surface area contributed by atoms with Gasteiger partial charge in [-0.15, -0.1) is 0 Å². The van der Waals surface area contributed by atoms with Crippen LogP contribution in [-0.4, -0.2) is 33.3 Å². The van der Waals surface area contributed by atoms with Crippen LogP contribution in [0.25, 0.3) is 0 Å². The molecule has 0 spiro atoms. The summed E-state index contributed by atoms with van der Waals surface area (Å²) in [6.45, 7) is 3.11. The van der Waals surface area contributed by atoms with E-state index >= 15 is 0 Å². The number of sulfone groups is 1. The van der Waals surface area contributed by atoms with Gasteiger partial charge in [0.2, 0.25) is 10.0 Å². The quantitative estimate of drug-likeness (QED) is 0.807. The van der Waals surface area contributed by atoms with Crippen LogP contribution in [-0.2, 0) is 19.9 Å². The van der Waals surface area contributed by atoms with Crippen LogP contribution in [0.2, 0.25) is 0 Å². The molecule has 7 nitrogen and oxygen atoms in total. The van der Waals surface area contributed by atoms with Crippen LogP contribution in [0.4, 0.5) is 0 Å². The Morgan fingerprint density at radius 2 is 1.84 bits per heavy atom. The minimum atomic E-state index is -3.90. The van der Waals surface area contributed by atoms with Crippen molar-refractivity contribution in [2.24, 2.45) is 5.14 Å². The molecule has 0 radical (unpaired) electrons. The third-order valence-electron chi connectivity index (χ3n) is 2.38. The van der Waals surface area contributed by atoms with Crippen LogP contribution < -0.4 is 5.14 Å². The molecular formula is C10H13N3O4S2. The molecule has 0 atom stereocenters. The van der Waals surface area contributed by atoms with E-state index in [9.17, 15) is 16.8 Å². The first-order chi connectivity index (χ1) is 8.57. The predicted molar refractivity (Wildman–Crippen MR) is 68.5 cm³/mol. The summed E-state index contributed by atoms with van der Waals surface area (Å²) >= 11 is 0. The number of pyridine rings is 1. The minimum Gasteiger partial charge on any atom is -0.257 e. The summed E-state index contributed by atoms with van der Waals surface area (Å²) in [5.74, 6) is -1.36. The first-order valence-electron chi connectivity index (χ1n) is 5.18. The van der Waals surface area contributed by atoms with Gasteiger partial charge < -0.3 is 0 Å². The van der Waals surface area contributed by atoms with Gasteiger partial charge >= 0.3 is 0 Å². The maximum atomic E-state index is 12.1. The average Bonchev–Trinajstić information content (AvgIpc) is 2.25. The summed E-state index contributed by atoms with van der Waals surface area (Å²) < 4.78 is 45.8. The molecule has 0 amide bonds. The zero-order valence-corrected chi connectivity index (χ0v) is 12.0. The highest BCUT2D eigenvalue weighted by Gasteiger charge is 2.23. The Balaban J connectivity index is 3.34. The maximum Gasteiger partial charge on any atom is 0.210 e. The number of rotatable bonds is 4. The largest absolute Gasteiger partial charge is 0.257 e. The van der Waals surface area contributed by atoms with Gasteiger partial charge in [-0.2, -0.15) is 5.26 Å². The third kappa shape index (κ3) is 3.99. The van der Waals surface area contributed by atoms with Gasteiger partial charge in [-0.05, 0) is 19.9 Å². The van der Waals surface area contributed by atoms with Crippen molar-refractivity contribution in [2.45, 2.75) is 18.7 Å². The van der Waals surface area contributed by atoms with Crippen LogP contribution >= 0.6 is 0 Å². The number of hydrogen-bond acceptors (Lipinski definition) is 6. The number of sulfonamides is 1. The van der Waals surface area contributed by atoms with E-state index in [0.29, 0.717) is 5.69 Å². The number of primary sulfonamides is 1. The minimum absolute atomic E-state index is 0.0694. The van der Waals surface area contributed by atoms with E-state index in [1.165, 1.54) is 13.0 Å². The van der Waals surface area contributed by atoms with Crippen molar-refractivity contribution in [1.82, 2.24) is 4.98 Å². The molecule has 0 saturated heterocycles. The standard InChI is InChI=1S/C10H13N3O4S2/c1-7-5-10(9(6-11)8(2)13-7)18(14,15)3-4-19(12,16)17/h5H,3-4H2,1-2H3,(H2,12,16,17). The normalized spacial score (nSPS) is 12.1. The van der Waals surface area contributed by atoms with Crippen molar-refractivity contribution in [2.75, 3.05) is 11.5 Å². The second-order valence-corrected chi connectivity index (χ2v) is 7.83. The Hall–Kier alpha value is -1.50. The highest BCUT2D eigenvalue weighted by Crippen LogP contribution is 2.20. The smallest absolute Gasteiger partial charge is 0.210 e. The molecule has 0 aliphatic carbocycles. The van der Waals surface area contributed by atoms with Crippen LogP contribution in [0.5, 0.6) is 0 Å². The average molecular weight is 303 g/mol. The molecule has 0 bridgehead atoms. The number of aromatic nitrogens is 1. The molecule has 0 aliphatic heterocycles. The van der Waals surface area contributed by atoms with Crippen LogP contribution in [0.3, 0.4) is 0 Å². The summed E-state index contributed by atoms with van der Waals surface area (Å²) in [6, 6.07) is 3.03. The van der Waals surface area contributed by atoms with Crippen molar-refractivity contribution in [3.05, 3.63) is 23.0 Å². The highest BCUT2D eigenvalue weighted by molar-refractivity contribution is 7.94. The number of nitrogens with zero attached hydrogens (tertiary/aromatic N) is 2. The van der Waals surface area contributed by atoms with Gasteiger partial charge in [-0.1, -0.05) is 0 Å². The second kappa shape index (κ2) is 5.24. The lowest BCUT2D eigenvalue weighted by Gasteiger charge is -2.08. The highest BCUT2D eigenvalue weighted by atomic mass is 32.2. The number of nitrogens with two attached hydrogens (primary N) is 1. The van der Waals surface area contributed by atoms with E-state index in [1.807, 2.05) is 0 Å².